The molecule has 0 aliphatic rings. The molecule has 1 aromatic heterocycles. The van der Waals surface area contributed by atoms with Crippen LogP contribution in [0, 0.1) is 10.1 Å². The Labute approximate surface area is 76.3 Å². The Morgan fingerprint density at radius 2 is 2.33 bits per heavy atom. The fraction of sp³-hybridized carbons (Fsp3) is 0.167. The first-order valence-electron chi connectivity index (χ1n) is 3.06. The number of nitrogens with zero attached hydrogens (tertiary/aromatic N) is 2. The predicted molar refractivity (Wildman–Crippen MR) is 44.5 cm³/mol. The second-order valence-electron chi connectivity index (χ2n) is 2.02. The number of hydrogen-bond acceptors (Lipinski definition) is 4. The summed E-state index contributed by atoms with van der Waals surface area (Å²) in [7, 11) is 0. The molecule has 0 saturated carbocycles. The topological polar surface area (TPSA) is 76.3 Å². The Balaban J connectivity index is 3.20. The van der Waals surface area contributed by atoms with E-state index in [2.05, 4.69) is 20.9 Å². The summed E-state index contributed by atoms with van der Waals surface area (Å²) in [6, 6.07) is 2.75. The fourth-order valence-corrected chi connectivity index (χ4v) is 1.10. The summed E-state index contributed by atoms with van der Waals surface area (Å²) in [6.45, 7) is -0.435. The Morgan fingerprint density at radius 3 is 2.83 bits per heavy atom. The number of aliphatic hydroxyl groups is 1. The Kier molecular flexibility index (Phi) is 2.72. The second-order valence-corrected chi connectivity index (χ2v) is 2.83. The van der Waals surface area contributed by atoms with Gasteiger partial charge >= 0.3 is 0 Å². The summed E-state index contributed by atoms with van der Waals surface area (Å²) in [4.78, 5) is 13.5. The van der Waals surface area contributed by atoms with E-state index in [4.69, 9.17) is 5.11 Å². The van der Waals surface area contributed by atoms with Crippen molar-refractivity contribution in [2.75, 3.05) is 0 Å². The van der Waals surface area contributed by atoms with Crippen LogP contribution in [0.1, 0.15) is 5.69 Å². The van der Waals surface area contributed by atoms with Crippen LogP contribution >= 0.6 is 15.9 Å². The molecule has 1 rings (SSSR count). The van der Waals surface area contributed by atoms with E-state index in [9.17, 15) is 10.1 Å². The average molecular weight is 233 g/mol. The number of hydrogen-bond donors (Lipinski definition) is 1. The van der Waals surface area contributed by atoms with E-state index in [1.807, 2.05) is 0 Å². The minimum Gasteiger partial charge on any atom is -0.390 e. The summed E-state index contributed by atoms with van der Waals surface area (Å²) in [5.41, 5.74) is -0.102. The number of aliphatic hydroxyl groups excluding tert-OH is 1. The lowest BCUT2D eigenvalue weighted by Gasteiger charge is -1.97. The maximum atomic E-state index is 10.3. The maximum absolute atomic E-state index is 10.3. The van der Waals surface area contributed by atoms with E-state index in [0.717, 1.165) is 0 Å². The first-order valence-corrected chi connectivity index (χ1v) is 3.85. The molecule has 0 aliphatic heterocycles. The summed E-state index contributed by atoms with van der Waals surface area (Å²) in [5, 5.41) is 19.0. The number of aromatic nitrogens is 1. The molecule has 12 heavy (non-hydrogen) atoms. The summed E-state index contributed by atoms with van der Waals surface area (Å²) >= 11 is 3.04. The minimum absolute atomic E-state index is 0.0642. The van der Waals surface area contributed by atoms with E-state index < -0.39 is 11.5 Å². The van der Waals surface area contributed by atoms with Gasteiger partial charge in [0.25, 0.3) is 5.69 Å². The molecule has 0 fully saturated rings. The van der Waals surface area contributed by atoms with Gasteiger partial charge in [0.2, 0.25) is 0 Å². The van der Waals surface area contributed by atoms with Crippen molar-refractivity contribution in [1.29, 1.82) is 0 Å². The van der Waals surface area contributed by atoms with Gasteiger partial charge in [0.05, 0.1) is 11.5 Å². The van der Waals surface area contributed by atoms with Crippen molar-refractivity contribution in [3.63, 3.8) is 0 Å². The molecule has 0 atom stereocenters. The lowest BCUT2D eigenvalue weighted by Crippen LogP contribution is -1.98. The summed E-state index contributed by atoms with van der Waals surface area (Å²) in [6.07, 6.45) is 0. The molecule has 6 heteroatoms. The molecule has 0 aliphatic carbocycles. The number of rotatable bonds is 2. The van der Waals surface area contributed by atoms with Crippen molar-refractivity contribution < 1.29 is 10.0 Å². The van der Waals surface area contributed by atoms with Crippen LogP contribution in [0.3, 0.4) is 0 Å². The zero-order valence-electron chi connectivity index (χ0n) is 5.90. The molecule has 0 unspecified atom stereocenters. The molecule has 1 N–H and O–H groups in total. The van der Waals surface area contributed by atoms with E-state index >= 15 is 0 Å². The SMILES string of the molecule is O=[N+]([O-])c1ccc(Br)nc1CO. The smallest absolute Gasteiger partial charge is 0.293 e. The third-order valence-corrected chi connectivity index (χ3v) is 1.70. The van der Waals surface area contributed by atoms with Gasteiger partial charge in [0.1, 0.15) is 10.3 Å². The van der Waals surface area contributed by atoms with Gasteiger partial charge < -0.3 is 5.11 Å². The van der Waals surface area contributed by atoms with Crippen molar-refractivity contribution in [3.8, 4) is 0 Å². The third-order valence-electron chi connectivity index (χ3n) is 1.26. The minimum atomic E-state index is -0.578. The third kappa shape index (κ3) is 1.77. The van der Waals surface area contributed by atoms with Crippen LogP contribution in [-0.4, -0.2) is 15.0 Å². The van der Waals surface area contributed by atoms with Crippen LogP contribution in [0.4, 0.5) is 5.69 Å². The van der Waals surface area contributed by atoms with Crippen molar-refractivity contribution in [1.82, 2.24) is 4.98 Å². The molecule has 0 bridgehead atoms. The molecule has 0 amide bonds. The zero-order chi connectivity index (χ0) is 9.14. The van der Waals surface area contributed by atoms with Gasteiger partial charge in [-0.05, 0) is 22.0 Å². The average Bonchev–Trinajstić information content (AvgIpc) is 2.03. The van der Waals surface area contributed by atoms with Crippen LogP contribution in [0.25, 0.3) is 0 Å². The summed E-state index contributed by atoms with van der Waals surface area (Å²) < 4.78 is 0.470. The molecular weight excluding hydrogens is 228 g/mol. The van der Waals surface area contributed by atoms with Gasteiger partial charge in [-0.25, -0.2) is 4.98 Å². The lowest BCUT2D eigenvalue weighted by atomic mass is 10.3. The normalized spacial score (nSPS) is 9.83. The van der Waals surface area contributed by atoms with E-state index in [0.29, 0.717) is 4.60 Å². The highest BCUT2D eigenvalue weighted by Crippen LogP contribution is 2.18. The second kappa shape index (κ2) is 3.59. The van der Waals surface area contributed by atoms with E-state index in [1.165, 1.54) is 12.1 Å². The Hall–Kier alpha value is -1.01. The van der Waals surface area contributed by atoms with Gasteiger partial charge in [-0.3, -0.25) is 10.1 Å². The fourth-order valence-electron chi connectivity index (χ4n) is 0.750. The first-order chi connectivity index (χ1) is 5.65. The molecule has 5 nitrogen and oxygen atoms in total. The van der Waals surface area contributed by atoms with Crippen LogP contribution in [0.15, 0.2) is 16.7 Å². The van der Waals surface area contributed by atoms with Crippen molar-refractivity contribution in [3.05, 3.63) is 32.5 Å². The molecule has 1 heterocycles. The Bertz CT molecular complexity index is 316. The number of halogens is 1. The van der Waals surface area contributed by atoms with Crippen LogP contribution in [-0.2, 0) is 6.61 Å². The van der Waals surface area contributed by atoms with Gasteiger partial charge in [-0.1, -0.05) is 0 Å². The van der Waals surface area contributed by atoms with Gasteiger partial charge in [0, 0.05) is 6.07 Å². The maximum Gasteiger partial charge on any atom is 0.293 e. The highest BCUT2D eigenvalue weighted by molar-refractivity contribution is 9.10. The standard InChI is InChI=1S/C6H5BrN2O3/c7-6-2-1-5(9(11)12)4(3-10)8-6/h1-2,10H,3H2. The summed E-state index contributed by atoms with van der Waals surface area (Å²) in [5.74, 6) is 0. The monoisotopic (exact) mass is 232 g/mol. The molecule has 0 saturated heterocycles. The van der Waals surface area contributed by atoms with Gasteiger partial charge in [-0.15, -0.1) is 0 Å². The Morgan fingerprint density at radius 1 is 1.67 bits per heavy atom. The highest BCUT2D eigenvalue weighted by Gasteiger charge is 2.13. The lowest BCUT2D eigenvalue weighted by molar-refractivity contribution is -0.386. The largest absolute Gasteiger partial charge is 0.390 e. The zero-order valence-corrected chi connectivity index (χ0v) is 7.48. The van der Waals surface area contributed by atoms with E-state index in [1.54, 1.807) is 0 Å². The van der Waals surface area contributed by atoms with Crippen LogP contribution < -0.4 is 0 Å². The van der Waals surface area contributed by atoms with Gasteiger partial charge in [-0.2, -0.15) is 0 Å². The van der Waals surface area contributed by atoms with Crippen molar-refractivity contribution in [2.45, 2.75) is 6.61 Å². The molecule has 0 spiro atoms. The quantitative estimate of drug-likeness (QED) is 0.473. The van der Waals surface area contributed by atoms with Crippen molar-refractivity contribution in [2.24, 2.45) is 0 Å². The number of pyridine rings is 1. The highest BCUT2D eigenvalue weighted by atomic mass is 79.9. The number of nitro groups is 1. The molecule has 0 aromatic carbocycles. The van der Waals surface area contributed by atoms with E-state index in [-0.39, 0.29) is 11.4 Å². The van der Waals surface area contributed by atoms with Crippen molar-refractivity contribution >= 4 is 21.6 Å². The predicted octanol–water partition coefficient (Wildman–Crippen LogP) is 1.24. The molecule has 64 valence electrons. The van der Waals surface area contributed by atoms with Crippen LogP contribution in [0.5, 0.6) is 0 Å². The molecule has 0 radical (unpaired) electrons. The molecule has 1 aromatic rings. The van der Waals surface area contributed by atoms with Crippen LogP contribution in [0.2, 0.25) is 0 Å². The van der Waals surface area contributed by atoms with Gasteiger partial charge in [0.15, 0.2) is 0 Å². The first kappa shape index (κ1) is 9.08. The molecular formula is C6H5BrN2O3.